The van der Waals surface area contributed by atoms with Gasteiger partial charge in [0.2, 0.25) is 0 Å². The van der Waals surface area contributed by atoms with Crippen LogP contribution < -0.4 is 5.32 Å². The van der Waals surface area contributed by atoms with E-state index in [1.165, 1.54) is 38.0 Å². The van der Waals surface area contributed by atoms with Gasteiger partial charge >= 0.3 is 0 Å². The molecule has 1 aliphatic rings. The minimum atomic E-state index is 0.558. The second-order valence-electron chi connectivity index (χ2n) is 5.53. The van der Waals surface area contributed by atoms with Crippen LogP contribution in [0.1, 0.15) is 45.2 Å². The average Bonchev–Trinajstić information content (AvgIpc) is 2.81. The molecule has 1 aromatic rings. The van der Waals surface area contributed by atoms with E-state index in [-0.39, 0.29) is 0 Å². The van der Waals surface area contributed by atoms with Crippen molar-refractivity contribution < 1.29 is 0 Å². The van der Waals surface area contributed by atoms with E-state index in [4.69, 9.17) is 0 Å². The lowest BCUT2D eigenvalue weighted by Gasteiger charge is -2.32. The molecule has 0 amide bonds. The lowest BCUT2D eigenvalue weighted by Crippen LogP contribution is -2.42. The van der Waals surface area contributed by atoms with E-state index >= 15 is 0 Å². The molecule has 3 atom stereocenters. The second kappa shape index (κ2) is 6.69. The first kappa shape index (κ1) is 14.0. The average molecular weight is 266 g/mol. The van der Waals surface area contributed by atoms with Gasteiger partial charge in [-0.1, -0.05) is 20.3 Å². The fourth-order valence-electron chi connectivity index (χ4n) is 2.72. The smallest absolute Gasteiger partial charge is 0.0328 e. The van der Waals surface area contributed by atoms with Crippen LogP contribution in [0, 0.1) is 5.92 Å². The van der Waals surface area contributed by atoms with Gasteiger partial charge in [-0.15, -0.1) is 0 Å². The highest BCUT2D eigenvalue weighted by Gasteiger charge is 2.25. The van der Waals surface area contributed by atoms with Crippen molar-refractivity contribution in [1.29, 1.82) is 0 Å². The molecule has 3 unspecified atom stereocenters. The summed E-state index contributed by atoms with van der Waals surface area (Å²) >= 11 is 1.81. The van der Waals surface area contributed by atoms with E-state index in [0.29, 0.717) is 12.1 Å². The molecule has 0 spiro atoms. The zero-order valence-electron chi connectivity index (χ0n) is 11.9. The predicted octanol–water partition coefficient (Wildman–Crippen LogP) is 3.52. The Morgan fingerprint density at radius 2 is 2.33 bits per heavy atom. The van der Waals surface area contributed by atoms with Gasteiger partial charge in [-0.3, -0.25) is 4.90 Å². The van der Waals surface area contributed by atoms with E-state index in [2.05, 4.69) is 47.8 Å². The summed E-state index contributed by atoms with van der Waals surface area (Å²) in [6, 6.07) is 3.48. The molecule has 1 N–H and O–H groups in total. The van der Waals surface area contributed by atoms with Gasteiger partial charge < -0.3 is 5.32 Å². The van der Waals surface area contributed by atoms with Gasteiger partial charge in [-0.05, 0) is 48.2 Å². The minimum Gasteiger partial charge on any atom is -0.312 e. The number of rotatable bonds is 4. The Morgan fingerprint density at radius 1 is 1.50 bits per heavy atom. The summed E-state index contributed by atoms with van der Waals surface area (Å²) in [6.07, 6.45) is 2.53. The minimum absolute atomic E-state index is 0.558. The van der Waals surface area contributed by atoms with Gasteiger partial charge in [0.15, 0.2) is 0 Å². The van der Waals surface area contributed by atoms with Crippen LogP contribution in [0.4, 0.5) is 0 Å². The van der Waals surface area contributed by atoms with Crippen molar-refractivity contribution in [2.24, 2.45) is 5.92 Å². The van der Waals surface area contributed by atoms with Crippen molar-refractivity contribution in [3.05, 3.63) is 22.4 Å². The van der Waals surface area contributed by atoms with Crippen molar-refractivity contribution in [2.45, 2.75) is 45.7 Å². The van der Waals surface area contributed by atoms with Crippen LogP contribution in [0.2, 0.25) is 0 Å². The zero-order valence-corrected chi connectivity index (χ0v) is 12.7. The third-order valence-corrected chi connectivity index (χ3v) is 5.07. The molecule has 2 rings (SSSR count). The molecule has 2 nitrogen and oxygen atoms in total. The molecule has 1 saturated heterocycles. The first-order valence-corrected chi connectivity index (χ1v) is 8.16. The third kappa shape index (κ3) is 3.34. The van der Waals surface area contributed by atoms with Crippen molar-refractivity contribution in [1.82, 2.24) is 10.2 Å². The van der Waals surface area contributed by atoms with Gasteiger partial charge in [0.05, 0.1) is 0 Å². The molecule has 0 aromatic carbocycles. The molecule has 3 heteroatoms. The fourth-order valence-corrected chi connectivity index (χ4v) is 3.47. The molecule has 0 radical (unpaired) electrons. The SMILES string of the molecule is CCC(C)C1CN(C(C)c2ccsc2)CCCN1. The molecule has 0 bridgehead atoms. The predicted molar refractivity (Wildman–Crippen MR) is 80.2 cm³/mol. The topological polar surface area (TPSA) is 15.3 Å². The number of hydrogen-bond donors (Lipinski definition) is 1. The van der Waals surface area contributed by atoms with E-state index < -0.39 is 0 Å². The second-order valence-corrected chi connectivity index (χ2v) is 6.31. The highest BCUT2D eigenvalue weighted by Crippen LogP contribution is 2.25. The van der Waals surface area contributed by atoms with Gasteiger partial charge in [-0.25, -0.2) is 0 Å². The maximum Gasteiger partial charge on any atom is 0.0328 e. The van der Waals surface area contributed by atoms with E-state index in [0.717, 1.165) is 5.92 Å². The number of nitrogens with zero attached hydrogens (tertiary/aromatic N) is 1. The number of hydrogen-bond acceptors (Lipinski definition) is 3. The molecular weight excluding hydrogens is 240 g/mol. The zero-order chi connectivity index (χ0) is 13.0. The number of nitrogens with one attached hydrogen (secondary N) is 1. The highest BCUT2D eigenvalue weighted by molar-refractivity contribution is 7.07. The first-order valence-electron chi connectivity index (χ1n) is 7.22. The Balaban J connectivity index is 2.02. The van der Waals surface area contributed by atoms with Crippen molar-refractivity contribution in [3.63, 3.8) is 0 Å². The van der Waals surface area contributed by atoms with Gasteiger partial charge in [0.25, 0.3) is 0 Å². The summed E-state index contributed by atoms with van der Waals surface area (Å²) in [6.45, 7) is 10.6. The maximum atomic E-state index is 3.72. The molecule has 2 heterocycles. The van der Waals surface area contributed by atoms with Crippen LogP contribution in [0.25, 0.3) is 0 Å². The Bertz CT molecular complexity index is 336. The molecule has 102 valence electrons. The van der Waals surface area contributed by atoms with Gasteiger partial charge in [-0.2, -0.15) is 11.3 Å². The Morgan fingerprint density at radius 3 is 3.00 bits per heavy atom. The van der Waals surface area contributed by atoms with Crippen LogP contribution in [-0.4, -0.2) is 30.6 Å². The molecule has 1 aliphatic heterocycles. The van der Waals surface area contributed by atoms with Crippen LogP contribution >= 0.6 is 11.3 Å². The summed E-state index contributed by atoms with van der Waals surface area (Å²) < 4.78 is 0. The first-order chi connectivity index (χ1) is 8.72. The van der Waals surface area contributed by atoms with Crippen molar-refractivity contribution in [3.8, 4) is 0 Å². The molecule has 0 saturated carbocycles. The Labute approximate surface area is 115 Å². The lowest BCUT2D eigenvalue weighted by atomic mass is 9.98. The third-order valence-electron chi connectivity index (χ3n) is 4.36. The van der Waals surface area contributed by atoms with Gasteiger partial charge in [0.1, 0.15) is 0 Å². The van der Waals surface area contributed by atoms with E-state index in [9.17, 15) is 0 Å². The summed E-state index contributed by atoms with van der Waals surface area (Å²) in [4.78, 5) is 2.65. The van der Waals surface area contributed by atoms with Crippen molar-refractivity contribution in [2.75, 3.05) is 19.6 Å². The van der Waals surface area contributed by atoms with Crippen LogP contribution in [0.15, 0.2) is 16.8 Å². The lowest BCUT2D eigenvalue weighted by molar-refractivity contribution is 0.188. The summed E-state index contributed by atoms with van der Waals surface area (Å²) in [5.74, 6) is 0.764. The maximum absolute atomic E-state index is 3.72. The standard InChI is InChI=1S/C15H26N2S/c1-4-12(2)15-10-17(8-5-7-16-15)13(3)14-6-9-18-11-14/h6,9,11-13,15-16H,4-5,7-8,10H2,1-3H3. The Hall–Kier alpha value is -0.380. The monoisotopic (exact) mass is 266 g/mol. The number of thiophene rings is 1. The highest BCUT2D eigenvalue weighted by atomic mass is 32.1. The molecule has 1 fully saturated rings. The quantitative estimate of drug-likeness (QED) is 0.897. The normalized spacial score (nSPS) is 25.6. The molecule has 18 heavy (non-hydrogen) atoms. The van der Waals surface area contributed by atoms with E-state index in [1.54, 1.807) is 11.3 Å². The molecule has 0 aliphatic carbocycles. The van der Waals surface area contributed by atoms with E-state index in [1.807, 2.05) is 0 Å². The Kier molecular flexibility index (Phi) is 5.22. The van der Waals surface area contributed by atoms with Crippen LogP contribution in [0.5, 0.6) is 0 Å². The van der Waals surface area contributed by atoms with Gasteiger partial charge in [0, 0.05) is 25.2 Å². The molecule has 1 aromatic heterocycles. The van der Waals surface area contributed by atoms with Crippen LogP contribution in [0.3, 0.4) is 0 Å². The largest absolute Gasteiger partial charge is 0.312 e. The summed E-state index contributed by atoms with van der Waals surface area (Å²) in [5.41, 5.74) is 1.48. The molecular formula is C15H26N2S. The fraction of sp³-hybridized carbons (Fsp3) is 0.733. The summed E-state index contributed by atoms with van der Waals surface area (Å²) in [7, 11) is 0. The summed E-state index contributed by atoms with van der Waals surface area (Å²) in [5, 5.41) is 8.20. The van der Waals surface area contributed by atoms with Crippen molar-refractivity contribution >= 4 is 11.3 Å². The van der Waals surface area contributed by atoms with Crippen LogP contribution in [-0.2, 0) is 0 Å².